The number of H-pyrrole nitrogens is 1. The van der Waals surface area contributed by atoms with Gasteiger partial charge in [-0.25, -0.2) is 0 Å². The molecule has 17 heavy (non-hydrogen) atoms. The number of nitrogens with zero attached hydrogens (tertiary/aromatic N) is 1. The Hall–Kier alpha value is -0.790. The van der Waals surface area contributed by atoms with Crippen LogP contribution in [0, 0.1) is 0 Å². The number of carbonyl (C=O) groups is 1. The predicted octanol–water partition coefficient (Wildman–Crippen LogP) is -1.55. The number of aromatic amines is 1. The normalized spacial score (nSPS) is 18.1. The van der Waals surface area contributed by atoms with E-state index in [2.05, 4.69) is 5.10 Å². The van der Waals surface area contributed by atoms with Crippen molar-refractivity contribution in [1.82, 2.24) is 7.99 Å². The van der Waals surface area contributed by atoms with Crippen molar-refractivity contribution < 1.29 is 31.4 Å². The van der Waals surface area contributed by atoms with Crippen molar-refractivity contribution in [3.05, 3.63) is 22.1 Å². The first-order valence-electron chi connectivity index (χ1n) is 5.86. The number of carboxylic acid groups (broad SMARTS) is 1. The number of hydrogen-bond acceptors (Lipinski definition) is 2. The van der Waals surface area contributed by atoms with Crippen LogP contribution in [0.4, 0.5) is 0 Å². The molecule has 1 aliphatic carbocycles. The van der Waals surface area contributed by atoms with Crippen LogP contribution in [-0.4, -0.2) is 23.0 Å². The van der Waals surface area contributed by atoms with Crippen LogP contribution in [0.1, 0.15) is 49.0 Å². The summed E-state index contributed by atoms with van der Waals surface area (Å²) in [4.78, 5) is 22.3. The van der Waals surface area contributed by atoms with Gasteiger partial charge in [-0.1, -0.05) is 0 Å². The first-order valence-corrected chi connectivity index (χ1v) is 8.07. The molecule has 0 atom stereocenters. The van der Waals surface area contributed by atoms with Crippen molar-refractivity contribution in [2.45, 2.75) is 42.4 Å². The standard InChI is InChI=1S/C11H16IN2O3/c15-10-7-9(11(16)17)13-14(10)12-8-5-3-1-2-4-6-8/h7-8,13H,1-6H2,(H,16,17)/q-1. The van der Waals surface area contributed by atoms with Crippen LogP contribution in [0.15, 0.2) is 10.9 Å². The van der Waals surface area contributed by atoms with Gasteiger partial charge in [-0.2, -0.15) is 0 Å². The summed E-state index contributed by atoms with van der Waals surface area (Å²) in [5.74, 6) is -1.06. The molecular weight excluding hydrogens is 335 g/mol. The number of alkyl halides is 1. The van der Waals surface area contributed by atoms with Crippen LogP contribution in [0.2, 0.25) is 0 Å². The number of nitrogens with one attached hydrogen (secondary N) is 1. The third kappa shape index (κ3) is 3.34. The molecule has 96 valence electrons. The zero-order valence-corrected chi connectivity index (χ0v) is 11.6. The molecule has 1 heterocycles. The Labute approximate surface area is 110 Å². The number of rotatable bonds is 3. The molecule has 0 saturated heterocycles. The first-order chi connectivity index (χ1) is 8.16. The average molecular weight is 351 g/mol. The van der Waals surface area contributed by atoms with Crippen LogP contribution in [0.25, 0.3) is 0 Å². The molecule has 0 aliphatic heterocycles. The molecule has 5 nitrogen and oxygen atoms in total. The van der Waals surface area contributed by atoms with Gasteiger partial charge in [0.05, 0.1) is 0 Å². The Bertz CT molecular complexity index is 444. The van der Waals surface area contributed by atoms with E-state index in [1.807, 2.05) is 0 Å². The molecule has 1 aromatic rings. The summed E-state index contributed by atoms with van der Waals surface area (Å²) >= 11 is -0.453. The maximum atomic E-state index is 11.6. The summed E-state index contributed by atoms with van der Waals surface area (Å²) in [7, 11) is 0. The second kappa shape index (κ2) is 5.70. The molecule has 0 unspecified atom stereocenters. The van der Waals surface area contributed by atoms with E-state index < -0.39 is 27.4 Å². The van der Waals surface area contributed by atoms with Gasteiger partial charge in [-0.05, 0) is 0 Å². The summed E-state index contributed by atoms with van der Waals surface area (Å²) in [6.45, 7) is 0. The van der Waals surface area contributed by atoms with E-state index in [9.17, 15) is 9.59 Å². The van der Waals surface area contributed by atoms with Gasteiger partial charge in [-0.15, -0.1) is 0 Å². The summed E-state index contributed by atoms with van der Waals surface area (Å²) in [6, 6.07) is 1.18. The Morgan fingerprint density at radius 2 is 2.00 bits per heavy atom. The van der Waals surface area contributed by atoms with Gasteiger partial charge in [-0.3, -0.25) is 0 Å². The molecule has 1 aliphatic rings. The van der Waals surface area contributed by atoms with Gasteiger partial charge >= 0.3 is 110 Å². The molecule has 0 spiro atoms. The van der Waals surface area contributed by atoms with E-state index in [1.54, 1.807) is 2.90 Å². The van der Waals surface area contributed by atoms with Gasteiger partial charge in [0.2, 0.25) is 0 Å². The molecule has 1 aromatic heterocycles. The quantitative estimate of drug-likeness (QED) is 0.393. The van der Waals surface area contributed by atoms with Crippen molar-refractivity contribution >= 4 is 5.97 Å². The number of aromatic carboxylic acids is 1. The SMILES string of the molecule is O=C(O)c1cc(=O)n([I-]C2CCCCCC2)[nH]1. The number of hydrogen-bond donors (Lipinski definition) is 2. The minimum atomic E-state index is -1.06. The summed E-state index contributed by atoms with van der Waals surface area (Å²) in [5, 5.41) is 11.5. The molecule has 2 N–H and O–H groups in total. The summed E-state index contributed by atoms with van der Waals surface area (Å²) in [6.07, 6.45) is 7.43. The zero-order chi connectivity index (χ0) is 12.3. The van der Waals surface area contributed by atoms with Gasteiger partial charge in [0.15, 0.2) is 0 Å². The third-order valence-corrected chi connectivity index (χ3v) is 6.24. The van der Waals surface area contributed by atoms with Crippen molar-refractivity contribution in [3.63, 3.8) is 0 Å². The second-order valence-corrected chi connectivity index (χ2v) is 7.56. The molecule has 0 radical (unpaired) electrons. The van der Waals surface area contributed by atoms with E-state index in [4.69, 9.17) is 5.11 Å². The number of halogens is 1. The zero-order valence-electron chi connectivity index (χ0n) is 9.49. The van der Waals surface area contributed by atoms with E-state index in [0.29, 0.717) is 3.92 Å². The minimum absolute atomic E-state index is 0.00308. The van der Waals surface area contributed by atoms with Crippen LogP contribution in [0.3, 0.4) is 0 Å². The van der Waals surface area contributed by atoms with Crippen molar-refractivity contribution in [2.75, 3.05) is 0 Å². The van der Waals surface area contributed by atoms with Gasteiger partial charge in [0, 0.05) is 0 Å². The van der Waals surface area contributed by atoms with Crippen LogP contribution >= 0.6 is 0 Å². The van der Waals surface area contributed by atoms with E-state index in [1.165, 1.54) is 44.6 Å². The first kappa shape index (κ1) is 12.7. The third-order valence-electron chi connectivity index (χ3n) is 2.93. The summed E-state index contributed by atoms with van der Waals surface area (Å²) < 4.78 is 2.15. The molecule has 2 rings (SSSR count). The van der Waals surface area contributed by atoms with Crippen LogP contribution in [-0.2, 0) is 0 Å². The fourth-order valence-corrected chi connectivity index (χ4v) is 5.06. The van der Waals surface area contributed by atoms with Crippen LogP contribution < -0.4 is 27.0 Å². The molecular formula is C11H16IN2O3-. The Morgan fingerprint density at radius 1 is 1.35 bits per heavy atom. The average Bonchev–Trinajstić information content (AvgIpc) is 2.52. The topological polar surface area (TPSA) is 75.1 Å². The predicted molar refractivity (Wildman–Crippen MR) is 58.9 cm³/mol. The summed E-state index contributed by atoms with van der Waals surface area (Å²) in [5.41, 5.74) is -0.192. The van der Waals surface area contributed by atoms with Crippen molar-refractivity contribution in [1.29, 1.82) is 0 Å². The Kier molecular flexibility index (Phi) is 4.25. The molecule has 0 aromatic carbocycles. The van der Waals surface area contributed by atoms with Gasteiger partial charge in [0.1, 0.15) is 0 Å². The molecule has 0 bridgehead atoms. The van der Waals surface area contributed by atoms with Crippen molar-refractivity contribution in [2.24, 2.45) is 0 Å². The van der Waals surface area contributed by atoms with Gasteiger partial charge < -0.3 is 0 Å². The molecule has 6 heteroatoms. The van der Waals surface area contributed by atoms with Crippen molar-refractivity contribution in [3.8, 4) is 0 Å². The maximum absolute atomic E-state index is 11.6. The van der Waals surface area contributed by atoms with E-state index in [0.717, 1.165) is 0 Å². The van der Waals surface area contributed by atoms with Gasteiger partial charge in [0.25, 0.3) is 0 Å². The monoisotopic (exact) mass is 351 g/mol. The van der Waals surface area contributed by atoms with Crippen LogP contribution in [0.5, 0.6) is 0 Å². The van der Waals surface area contributed by atoms with E-state index in [-0.39, 0.29) is 11.3 Å². The fourth-order valence-electron chi connectivity index (χ4n) is 2.02. The molecule has 0 amide bonds. The Balaban J connectivity index is 2.06. The Morgan fingerprint density at radius 3 is 2.53 bits per heavy atom. The second-order valence-electron chi connectivity index (χ2n) is 4.28. The molecule has 1 fully saturated rings. The number of aromatic nitrogens is 2. The number of carboxylic acids is 1. The van der Waals surface area contributed by atoms with E-state index >= 15 is 0 Å². The fraction of sp³-hybridized carbons (Fsp3) is 0.636. The molecule has 1 saturated carbocycles.